The van der Waals surface area contributed by atoms with Gasteiger partial charge in [0, 0.05) is 18.9 Å². The Morgan fingerprint density at radius 1 is 1.41 bits per heavy atom. The predicted octanol–water partition coefficient (Wildman–Crippen LogP) is 2.82. The molecule has 1 heterocycles. The van der Waals surface area contributed by atoms with E-state index in [2.05, 4.69) is 22.5 Å². The number of aromatic nitrogens is 2. The molecular weight excluding hydrogens is 212 g/mol. The van der Waals surface area contributed by atoms with Crippen LogP contribution in [0.15, 0.2) is 24.3 Å². The van der Waals surface area contributed by atoms with Gasteiger partial charge >= 0.3 is 0 Å². The summed E-state index contributed by atoms with van der Waals surface area (Å²) in [5.74, 6) is 1.20. The molecule has 0 aliphatic heterocycles. The monoisotopic (exact) mass is 230 g/mol. The molecule has 0 aliphatic carbocycles. The highest BCUT2D eigenvalue weighted by atomic mass is 16.1. The van der Waals surface area contributed by atoms with Crippen LogP contribution in [0, 0.1) is 5.92 Å². The number of fused-ring (bicyclic) bond motifs is 1. The van der Waals surface area contributed by atoms with Crippen molar-refractivity contribution >= 4 is 17.3 Å². The smallest absolute Gasteiger partial charge is 0.122 e. The van der Waals surface area contributed by atoms with Crippen LogP contribution in [0.25, 0.3) is 11.0 Å². The number of aldehydes is 1. The molecule has 0 saturated heterocycles. The lowest BCUT2D eigenvalue weighted by atomic mass is 10.1. The number of carbonyl (C=O) groups excluding carboxylic acids is 1. The van der Waals surface area contributed by atoms with Crippen LogP contribution < -0.4 is 0 Å². The number of hydrogen-bond acceptors (Lipinski definition) is 2. The van der Waals surface area contributed by atoms with E-state index in [1.54, 1.807) is 0 Å². The Labute approximate surface area is 101 Å². The van der Waals surface area contributed by atoms with E-state index in [4.69, 9.17) is 0 Å². The van der Waals surface area contributed by atoms with Gasteiger partial charge in [-0.3, -0.25) is 0 Å². The Bertz CT molecular complexity index is 516. The fraction of sp³-hybridized carbons (Fsp3) is 0.429. The zero-order valence-electron chi connectivity index (χ0n) is 10.4. The van der Waals surface area contributed by atoms with Crippen molar-refractivity contribution in [1.29, 1.82) is 0 Å². The predicted molar refractivity (Wildman–Crippen MR) is 69.0 cm³/mol. The number of imidazole rings is 1. The van der Waals surface area contributed by atoms with Crippen molar-refractivity contribution in [2.24, 2.45) is 5.92 Å². The molecule has 2 rings (SSSR count). The highest BCUT2D eigenvalue weighted by molar-refractivity contribution is 5.75. The average molecular weight is 230 g/mol. The lowest BCUT2D eigenvalue weighted by Crippen LogP contribution is -2.05. The molecule has 1 atom stereocenters. The van der Waals surface area contributed by atoms with Gasteiger partial charge in [0.05, 0.1) is 11.0 Å². The summed E-state index contributed by atoms with van der Waals surface area (Å²) in [6, 6.07) is 8.17. The lowest BCUT2D eigenvalue weighted by molar-refractivity contribution is -0.110. The fourth-order valence-corrected chi connectivity index (χ4v) is 2.09. The molecule has 0 bridgehead atoms. The molecule has 0 N–H and O–H groups in total. The molecule has 17 heavy (non-hydrogen) atoms. The number of hydrogen-bond donors (Lipinski definition) is 0. The van der Waals surface area contributed by atoms with Crippen LogP contribution in [0.4, 0.5) is 0 Å². The first-order valence-electron chi connectivity index (χ1n) is 6.15. The van der Waals surface area contributed by atoms with E-state index < -0.39 is 0 Å². The number of para-hydroxylation sites is 2. The molecule has 0 radical (unpaired) electrons. The lowest BCUT2D eigenvalue weighted by Gasteiger charge is -2.06. The van der Waals surface area contributed by atoms with E-state index in [0.717, 1.165) is 37.0 Å². The molecule has 0 fully saturated rings. The van der Waals surface area contributed by atoms with Crippen molar-refractivity contribution in [2.45, 2.75) is 33.2 Å². The van der Waals surface area contributed by atoms with Gasteiger partial charge in [0.15, 0.2) is 0 Å². The third kappa shape index (κ3) is 2.38. The van der Waals surface area contributed by atoms with E-state index in [9.17, 15) is 4.79 Å². The number of rotatable bonds is 5. The van der Waals surface area contributed by atoms with Crippen LogP contribution in [0.3, 0.4) is 0 Å². The van der Waals surface area contributed by atoms with Gasteiger partial charge in [-0.15, -0.1) is 0 Å². The normalized spacial score (nSPS) is 12.8. The molecule has 90 valence electrons. The third-order valence-corrected chi connectivity index (χ3v) is 3.11. The van der Waals surface area contributed by atoms with Crippen molar-refractivity contribution in [3.8, 4) is 0 Å². The molecular formula is C14H18N2O. The molecule has 0 saturated carbocycles. The maximum absolute atomic E-state index is 10.6. The number of benzene rings is 1. The van der Waals surface area contributed by atoms with Crippen molar-refractivity contribution in [1.82, 2.24) is 9.55 Å². The Morgan fingerprint density at radius 3 is 2.88 bits per heavy atom. The highest BCUT2D eigenvalue weighted by Crippen LogP contribution is 2.17. The van der Waals surface area contributed by atoms with E-state index in [1.807, 2.05) is 25.1 Å². The SMILES string of the molecule is CCn1c(CCC(C)C=O)nc2ccccc21. The van der Waals surface area contributed by atoms with Gasteiger partial charge in [0.1, 0.15) is 12.1 Å². The summed E-state index contributed by atoms with van der Waals surface area (Å²) in [5.41, 5.74) is 2.23. The van der Waals surface area contributed by atoms with Gasteiger partial charge in [-0.1, -0.05) is 19.1 Å². The molecule has 2 aromatic rings. The Morgan fingerprint density at radius 2 is 2.18 bits per heavy atom. The fourth-order valence-electron chi connectivity index (χ4n) is 2.09. The van der Waals surface area contributed by atoms with Crippen molar-refractivity contribution in [3.05, 3.63) is 30.1 Å². The van der Waals surface area contributed by atoms with E-state index >= 15 is 0 Å². The zero-order valence-corrected chi connectivity index (χ0v) is 10.4. The Kier molecular flexibility index (Phi) is 3.57. The van der Waals surface area contributed by atoms with Gasteiger partial charge in [0.2, 0.25) is 0 Å². The molecule has 3 heteroatoms. The number of aryl methyl sites for hydroxylation is 2. The van der Waals surface area contributed by atoms with E-state index in [-0.39, 0.29) is 5.92 Å². The second-order valence-corrected chi connectivity index (χ2v) is 4.41. The zero-order chi connectivity index (χ0) is 12.3. The highest BCUT2D eigenvalue weighted by Gasteiger charge is 2.10. The molecule has 0 spiro atoms. The number of carbonyl (C=O) groups is 1. The maximum atomic E-state index is 10.6. The summed E-state index contributed by atoms with van der Waals surface area (Å²) in [6.07, 6.45) is 2.74. The van der Waals surface area contributed by atoms with Gasteiger partial charge in [-0.25, -0.2) is 4.98 Å². The summed E-state index contributed by atoms with van der Waals surface area (Å²) >= 11 is 0. The molecule has 1 unspecified atom stereocenters. The third-order valence-electron chi connectivity index (χ3n) is 3.11. The van der Waals surface area contributed by atoms with Gasteiger partial charge < -0.3 is 9.36 Å². The first-order valence-corrected chi connectivity index (χ1v) is 6.15. The van der Waals surface area contributed by atoms with Crippen LogP contribution in [0.5, 0.6) is 0 Å². The van der Waals surface area contributed by atoms with Crippen molar-refractivity contribution < 1.29 is 4.79 Å². The minimum absolute atomic E-state index is 0.111. The van der Waals surface area contributed by atoms with Crippen LogP contribution in [-0.2, 0) is 17.8 Å². The summed E-state index contributed by atoms with van der Waals surface area (Å²) in [7, 11) is 0. The summed E-state index contributed by atoms with van der Waals surface area (Å²) < 4.78 is 2.23. The second kappa shape index (κ2) is 5.13. The summed E-state index contributed by atoms with van der Waals surface area (Å²) in [6.45, 7) is 5.00. The van der Waals surface area contributed by atoms with Gasteiger partial charge in [0.25, 0.3) is 0 Å². The molecule has 1 aromatic carbocycles. The van der Waals surface area contributed by atoms with Crippen molar-refractivity contribution in [2.75, 3.05) is 0 Å². The van der Waals surface area contributed by atoms with Crippen LogP contribution in [0.2, 0.25) is 0 Å². The first-order chi connectivity index (χ1) is 8.26. The first kappa shape index (κ1) is 11.8. The largest absolute Gasteiger partial charge is 0.328 e. The Balaban J connectivity index is 2.30. The quantitative estimate of drug-likeness (QED) is 0.740. The summed E-state index contributed by atoms with van der Waals surface area (Å²) in [4.78, 5) is 15.3. The molecule has 0 amide bonds. The molecule has 1 aromatic heterocycles. The minimum atomic E-state index is 0.111. The topological polar surface area (TPSA) is 34.9 Å². The van der Waals surface area contributed by atoms with E-state index in [1.165, 1.54) is 5.52 Å². The standard InChI is InChI=1S/C14H18N2O/c1-3-16-13-7-5-4-6-12(13)15-14(16)9-8-11(2)10-17/h4-7,10-11H,3,8-9H2,1-2H3. The molecule has 0 aliphatic rings. The minimum Gasteiger partial charge on any atom is -0.328 e. The molecule has 3 nitrogen and oxygen atoms in total. The van der Waals surface area contributed by atoms with Crippen LogP contribution in [-0.4, -0.2) is 15.8 Å². The van der Waals surface area contributed by atoms with Crippen LogP contribution >= 0.6 is 0 Å². The second-order valence-electron chi connectivity index (χ2n) is 4.41. The van der Waals surface area contributed by atoms with Crippen LogP contribution in [0.1, 0.15) is 26.1 Å². The van der Waals surface area contributed by atoms with Crippen molar-refractivity contribution in [3.63, 3.8) is 0 Å². The van der Waals surface area contributed by atoms with Gasteiger partial charge in [-0.05, 0) is 25.5 Å². The Hall–Kier alpha value is -1.64. The average Bonchev–Trinajstić information content (AvgIpc) is 2.73. The van der Waals surface area contributed by atoms with E-state index in [0.29, 0.717) is 0 Å². The maximum Gasteiger partial charge on any atom is 0.122 e. The summed E-state index contributed by atoms with van der Waals surface area (Å²) in [5, 5.41) is 0. The van der Waals surface area contributed by atoms with Gasteiger partial charge in [-0.2, -0.15) is 0 Å². The number of nitrogens with zero attached hydrogens (tertiary/aromatic N) is 2.